The molecule has 73 heavy (non-hydrogen) atoms. The van der Waals surface area contributed by atoms with E-state index in [0.29, 0.717) is 65.6 Å². The van der Waals surface area contributed by atoms with Crippen molar-refractivity contribution in [3.8, 4) is 23.0 Å². The number of oxazole rings is 1. The fourth-order valence-electron chi connectivity index (χ4n) is 8.89. The Hall–Kier alpha value is -7.05. The average molecular weight is 1030 g/mol. The van der Waals surface area contributed by atoms with Gasteiger partial charge in [-0.2, -0.15) is 31.3 Å². The minimum absolute atomic E-state index is 0.0739. The van der Waals surface area contributed by atoms with Crippen molar-refractivity contribution < 1.29 is 55.9 Å². The van der Waals surface area contributed by atoms with Crippen LogP contribution < -0.4 is 57.3 Å². The molecule has 2 bridgehead atoms. The molecule has 0 spiro atoms. The second-order valence-corrected chi connectivity index (χ2v) is 18.3. The first-order valence-corrected chi connectivity index (χ1v) is 22.9. The first kappa shape index (κ1) is 58.5. The summed E-state index contributed by atoms with van der Waals surface area (Å²) in [6.45, 7) is 8.55. The van der Waals surface area contributed by atoms with Crippen molar-refractivity contribution in [1.82, 2.24) is 4.98 Å². The van der Waals surface area contributed by atoms with Crippen LogP contribution in [0, 0.1) is 23.7 Å². The largest absolute Gasteiger partial charge is 0.506 e. The number of rotatable bonds is 9. The summed E-state index contributed by atoms with van der Waals surface area (Å²) in [5, 5.41) is 37.6. The zero-order chi connectivity index (χ0) is 54.8. The Labute approximate surface area is 418 Å². The molecule has 1 aromatic heterocycles. The maximum Gasteiger partial charge on any atom is 0.411 e. The predicted octanol–water partition coefficient (Wildman–Crippen LogP) is 7.09. The summed E-state index contributed by atoms with van der Waals surface area (Å²) >= 11 is 0. The number of phenols is 4. The summed E-state index contributed by atoms with van der Waals surface area (Å²) in [7, 11) is 0. The van der Waals surface area contributed by atoms with Crippen molar-refractivity contribution in [2.24, 2.45) is 46.6 Å². The highest BCUT2D eigenvalue weighted by molar-refractivity contribution is 5.77. The number of aromatic nitrogens is 1. The van der Waals surface area contributed by atoms with Gasteiger partial charge in [-0.05, 0) is 146 Å². The minimum atomic E-state index is -5.82. The zero-order valence-corrected chi connectivity index (χ0v) is 40.6. The summed E-state index contributed by atoms with van der Waals surface area (Å²) < 4.78 is 92.6. The van der Waals surface area contributed by atoms with Gasteiger partial charge in [-0.25, -0.2) is 0 Å². The Balaban J connectivity index is 0.000000211. The molecule has 0 saturated heterocycles. The number of nitrogen functional groups attached to an aromatic ring is 6. The third-order valence-corrected chi connectivity index (χ3v) is 13.2. The lowest BCUT2D eigenvalue weighted by molar-refractivity contribution is -0.288. The quantitative estimate of drug-likeness (QED) is 0.0297. The summed E-state index contributed by atoms with van der Waals surface area (Å²) in [6, 6.07) is 18.7. The first-order valence-electron chi connectivity index (χ1n) is 22.9. The van der Waals surface area contributed by atoms with E-state index in [2.05, 4.69) is 4.98 Å². The smallest absolute Gasteiger partial charge is 0.411 e. The molecule has 2 aliphatic carbocycles. The lowest BCUT2D eigenvalue weighted by atomic mass is 9.72. The molecule has 8 rings (SSSR count). The van der Waals surface area contributed by atoms with E-state index in [-0.39, 0.29) is 35.8 Å². The number of nitrogens with two attached hydrogens (primary N) is 10. The highest BCUT2D eigenvalue weighted by Gasteiger charge is 2.72. The molecule has 0 amide bonds. The van der Waals surface area contributed by atoms with Gasteiger partial charge in [0, 0.05) is 23.7 Å². The predicted molar refractivity (Wildman–Crippen MR) is 273 cm³/mol. The van der Waals surface area contributed by atoms with Gasteiger partial charge in [-0.3, -0.25) is 0 Å². The molecule has 17 nitrogen and oxygen atoms in total. The van der Waals surface area contributed by atoms with E-state index in [4.69, 9.17) is 66.5 Å². The number of hydrogen-bond acceptors (Lipinski definition) is 17. The Bertz CT molecular complexity index is 2620. The van der Waals surface area contributed by atoms with Gasteiger partial charge in [0.15, 0.2) is 5.58 Å². The number of benzene rings is 5. The molecule has 6 aromatic rings. The number of aromatic hydroxyl groups is 4. The first-order chi connectivity index (χ1) is 34.0. The normalized spacial score (nSPS) is 17.7. The zero-order valence-electron chi connectivity index (χ0n) is 40.6. The van der Waals surface area contributed by atoms with Gasteiger partial charge in [0.1, 0.15) is 28.5 Å². The van der Waals surface area contributed by atoms with Crippen LogP contribution in [0.1, 0.15) is 62.3 Å². The van der Waals surface area contributed by atoms with Crippen molar-refractivity contribution in [2.75, 3.05) is 60.8 Å². The highest BCUT2D eigenvalue weighted by atomic mass is 19.4. The maximum atomic E-state index is 13.8. The van der Waals surface area contributed by atoms with Gasteiger partial charge in [0.2, 0.25) is 5.41 Å². The fraction of sp³-hybridized carbons (Fsp3) is 0.380. The van der Waals surface area contributed by atoms with E-state index in [9.17, 15) is 46.8 Å². The number of hydrogen-bond donors (Lipinski definition) is 14. The molecule has 5 aromatic carbocycles. The van der Waals surface area contributed by atoms with Gasteiger partial charge in [0.25, 0.3) is 6.01 Å². The molecule has 2 aliphatic rings. The number of alkyl halides is 6. The molecular formula is C50H67F6N11O6. The second-order valence-electron chi connectivity index (χ2n) is 18.3. The van der Waals surface area contributed by atoms with Crippen LogP contribution in [0.15, 0.2) is 95.4 Å². The van der Waals surface area contributed by atoms with E-state index in [0.717, 1.165) is 53.4 Å². The molecule has 23 heteroatoms. The van der Waals surface area contributed by atoms with E-state index in [1.165, 1.54) is 19.3 Å². The lowest BCUT2D eigenvalue weighted by Crippen LogP contribution is -2.54. The van der Waals surface area contributed by atoms with Crippen LogP contribution in [0.4, 0.5) is 60.8 Å². The summed E-state index contributed by atoms with van der Waals surface area (Å²) in [5.41, 5.74) is 50.5. The molecule has 24 N–H and O–H groups in total. The number of anilines is 6. The van der Waals surface area contributed by atoms with Crippen molar-refractivity contribution in [1.29, 1.82) is 0 Å². The molecule has 400 valence electrons. The molecule has 5 atom stereocenters. The Morgan fingerprint density at radius 1 is 0.575 bits per heavy atom. The molecule has 1 heterocycles. The number of phenolic OH excluding ortho intramolecular Hbond substituents is 4. The van der Waals surface area contributed by atoms with Gasteiger partial charge in [-0.15, -0.1) is 0 Å². The second kappa shape index (κ2) is 24.1. The van der Waals surface area contributed by atoms with E-state index >= 15 is 0 Å². The summed E-state index contributed by atoms with van der Waals surface area (Å²) in [6.07, 6.45) is -7.39. The number of ether oxygens (including phenoxy) is 1. The molecule has 2 fully saturated rings. The van der Waals surface area contributed by atoms with Crippen LogP contribution in [0.25, 0.3) is 11.1 Å². The van der Waals surface area contributed by atoms with Crippen molar-refractivity contribution in [2.45, 2.75) is 69.3 Å². The lowest BCUT2D eigenvalue weighted by Gasteiger charge is -2.38. The summed E-state index contributed by atoms with van der Waals surface area (Å²) in [4.78, 5) is 3.91. The van der Waals surface area contributed by atoms with Crippen molar-refractivity contribution in [3.63, 3.8) is 0 Å². The van der Waals surface area contributed by atoms with E-state index in [1.807, 2.05) is 32.9 Å². The number of nitrogens with zero attached hydrogens (tertiary/aromatic N) is 1. The topological polar surface area (TPSA) is 376 Å². The van der Waals surface area contributed by atoms with Crippen molar-refractivity contribution >= 4 is 45.6 Å². The van der Waals surface area contributed by atoms with Crippen LogP contribution in [0.3, 0.4) is 0 Å². The Kier molecular flexibility index (Phi) is 19.3. The molecule has 0 aliphatic heterocycles. The summed E-state index contributed by atoms with van der Waals surface area (Å²) in [5.74, 6) is 2.36. The van der Waals surface area contributed by atoms with Gasteiger partial charge < -0.3 is 86.9 Å². The van der Waals surface area contributed by atoms with Gasteiger partial charge in [0.05, 0.1) is 35.6 Å². The third kappa shape index (κ3) is 13.7. The van der Waals surface area contributed by atoms with Crippen LogP contribution in [0.2, 0.25) is 0 Å². The monoisotopic (exact) mass is 1030 g/mol. The van der Waals surface area contributed by atoms with Crippen molar-refractivity contribution in [3.05, 3.63) is 113 Å². The van der Waals surface area contributed by atoms with Gasteiger partial charge >= 0.3 is 12.4 Å². The molecule has 2 saturated carbocycles. The molecule has 5 unspecified atom stereocenters. The third-order valence-electron chi connectivity index (χ3n) is 13.2. The SMILES string of the molecule is CC(C)(c1ccc(O)c(N)c1)c1ccc(O)c(N)c1.CC(CN)OCN.NCC1CC2CC1CC2CN.Nc1cc(C(c2ccc(O)c(N)c2)(C(F)(F)F)C(F)(F)F)ccc1O.Nc1ccc2nc(N)oc2c1. The van der Waals surface area contributed by atoms with Gasteiger partial charge in [-0.1, -0.05) is 38.1 Å². The minimum Gasteiger partial charge on any atom is -0.506 e. The van der Waals surface area contributed by atoms with E-state index in [1.54, 1.807) is 42.5 Å². The average Bonchev–Trinajstić information content (AvgIpc) is 4.04. The number of halogens is 6. The van der Waals surface area contributed by atoms with E-state index < -0.39 is 51.8 Å². The van der Waals surface area contributed by atoms with Crippen LogP contribution in [-0.4, -0.2) is 70.2 Å². The Morgan fingerprint density at radius 2 is 0.959 bits per heavy atom. The molecule has 0 radical (unpaired) electrons. The van der Waals surface area contributed by atoms with Crippen LogP contribution in [0.5, 0.6) is 23.0 Å². The van der Waals surface area contributed by atoms with Crippen LogP contribution in [-0.2, 0) is 15.6 Å². The highest BCUT2D eigenvalue weighted by Crippen LogP contribution is 2.57. The fourth-order valence-corrected chi connectivity index (χ4v) is 8.89. The standard InChI is InChI=1S/C15H12F6N2O2.C15H18N2O2.C9H18N2.C7H7N3O.C4H12N2O/c16-14(17,18)13(15(19,20)21,7-1-3-11(24)9(22)5-7)8-2-4-12(25)10(23)6-8;1-15(2,9-3-5-13(18)11(16)7-9)10-4-6-14(19)12(17)8-10;10-4-8-2-6-1-7(8)3-9(6)5-11;8-4-1-2-5-6(3-4)11-7(9)10-5;1-4(2-5)7-3-6/h1-6,24-25H,22-23H2;3-8,18-19H,16-17H2,1-2H3;6-9H,1-5,10-11H2;1-3H,8H2,(H2,9,10);4H,2-3,5-6H2,1H3. The number of fused-ring (bicyclic) bond motifs is 3. The van der Waals surface area contributed by atoms with Crippen LogP contribution >= 0.6 is 0 Å². The maximum absolute atomic E-state index is 13.8. The Morgan fingerprint density at radius 3 is 1.27 bits per heavy atom. The molecular weight excluding hydrogens is 965 g/mol.